The molecule has 164 valence electrons. The van der Waals surface area contributed by atoms with Gasteiger partial charge in [-0.25, -0.2) is 9.97 Å². The third-order valence-corrected chi connectivity index (χ3v) is 7.50. The number of rotatable bonds is 6. The van der Waals surface area contributed by atoms with Crippen LogP contribution in [0.15, 0.2) is 35.7 Å². The quantitative estimate of drug-likeness (QED) is 0.559. The fourth-order valence-electron chi connectivity index (χ4n) is 5.04. The molecule has 5 nitrogen and oxygen atoms in total. The minimum Gasteiger partial charge on any atom is -0.356 e. The molecule has 2 aromatic heterocycles. The predicted octanol–water partition coefficient (Wildman–Crippen LogP) is 4.73. The van der Waals surface area contributed by atoms with Crippen molar-refractivity contribution in [3.05, 3.63) is 41.5 Å². The number of hydrogen-bond acceptors (Lipinski definition) is 6. The van der Waals surface area contributed by atoms with Gasteiger partial charge in [0.05, 0.1) is 11.9 Å². The van der Waals surface area contributed by atoms with Gasteiger partial charge in [-0.1, -0.05) is 30.3 Å². The number of thiophene rings is 1. The van der Waals surface area contributed by atoms with E-state index < -0.39 is 0 Å². The Morgan fingerprint density at radius 1 is 1.00 bits per heavy atom. The van der Waals surface area contributed by atoms with Crippen LogP contribution >= 0.6 is 11.3 Å². The van der Waals surface area contributed by atoms with E-state index in [-0.39, 0.29) is 0 Å². The standard InChI is InChI=1S/C25H33N5S/c1-28(2)17-22-26-24(30-14-10-19(11-15-30)16-29-12-6-7-13-29)23-21(18-31-25(23)27-22)20-8-4-3-5-9-20/h3-5,8-9,18-19H,6-7,10-17H2,1-2H3. The SMILES string of the molecule is CN(C)Cc1nc(N2CCC(CN3CCCC3)CC2)c2c(-c3ccccc3)csc2n1. The minimum atomic E-state index is 0.771. The highest BCUT2D eigenvalue weighted by molar-refractivity contribution is 7.17. The van der Waals surface area contributed by atoms with Crippen LogP contribution in [0.5, 0.6) is 0 Å². The number of aromatic nitrogens is 2. The van der Waals surface area contributed by atoms with Crippen molar-refractivity contribution in [2.24, 2.45) is 5.92 Å². The monoisotopic (exact) mass is 435 g/mol. The largest absolute Gasteiger partial charge is 0.356 e. The first-order valence-electron chi connectivity index (χ1n) is 11.6. The zero-order valence-electron chi connectivity index (χ0n) is 18.8. The first-order valence-corrected chi connectivity index (χ1v) is 12.5. The van der Waals surface area contributed by atoms with Gasteiger partial charge in [0.1, 0.15) is 16.5 Å². The molecule has 0 N–H and O–H groups in total. The Morgan fingerprint density at radius 3 is 2.45 bits per heavy atom. The van der Waals surface area contributed by atoms with Gasteiger partial charge in [-0.05, 0) is 64.3 Å². The minimum absolute atomic E-state index is 0.771. The van der Waals surface area contributed by atoms with Gasteiger partial charge in [0.25, 0.3) is 0 Å². The summed E-state index contributed by atoms with van der Waals surface area (Å²) in [6.45, 7) is 6.84. The van der Waals surface area contributed by atoms with Crippen molar-refractivity contribution < 1.29 is 0 Å². The lowest BCUT2D eigenvalue weighted by Gasteiger charge is -2.35. The van der Waals surface area contributed by atoms with E-state index in [4.69, 9.17) is 9.97 Å². The van der Waals surface area contributed by atoms with Gasteiger partial charge < -0.3 is 14.7 Å². The van der Waals surface area contributed by atoms with E-state index in [9.17, 15) is 0 Å². The molecule has 2 aliphatic rings. The molecule has 31 heavy (non-hydrogen) atoms. The Balaban J connectivity index is 1.45. The number of piperidine rings is 1. The maximum absolute atomic E-state index is 5.12. The van der Waals surface area contributed by atoms with Crippen molar-refractivity contribution in [3.63, 3.8) is 0 Å². The van der Waals surface area contributed by atoms with Crippen LogP contribution < -0.4 is 4.90 Å². The molecule has 4 heterocycles. The maximum atomic E-state index is 5.12. The van der Waals surface area contributed by atoms with E-state index in [0.29, 0.717) is 0 Å². The molecule has 2 fully saturated rings. The highest BCUT2D eigenvalue weighted by Gasteiger charge is 2.26. The zero-order valence-corrected chi connectivity index (χ0v) is 19.6. The lowest BCUT2D eigenvalue weighted by molar-refractivity contribution is 0.249. The van der Waals surface area contributed by atoms with Crippen molar-refractivity contribution in [2.45, 2.75) is 32.2 Å². The van der Waals surface area contributed by atoms with Crippen molar-refractivity contribution >= 4 is 27.4 Å². The molecule has 6 heteroatoms. The molecule has 0 saturated carbocycles. The van der Waals surface area contributed by atoms with E-state index >= 15 is 0 Å². The fraction of sp³-hybridized carbons (Fsp3) is 0.520. The number of hydrogen-bond donors (Lipinski definition) is 0. The van der Waals surface area contributed by atoms with Crippen LogP contribution in [0, 0.1) is 5.92 Å². The summed E-state index contributed by atoms with van der Waals surface area (Å²) in [5, 5.41) is 3.49. The lowest BCUT2D eigenvalue weighted by Crippen LogP contribution is -2.38. The summed E-state index contributed by atoms with van der Waals surface area (Å²) in [4.78, 5) is 18.5. The number of fused-ring (bicyclic) bond motifs is 1. The Morgan fingerprint density at radius 2 is 1.74 bits per heavy atom. The van der Waals surface area contributed by atoms with Crippen LogP contribution in [0.25, 0.3) is 21.3 Å². The van der Waals surface area contributed by atoms with Crippen molar-refractivity contribution in [1.29, 1.82) is 0 Å². The fourth-order valence-corrected chi connectivity index (χ4v) is 6.00. The van der Waals surface area contributed by atoms with Crippen molar-refractivity contribution in [3.8, 4) is 11.1 Å². The Bertz CT molecular complexity index is 1000. The summed E-state index contributed by atoms with van der Waals surface area (Å²) >= 11 is 1.75. The normalized spacial score (nSPS) is 18.5. The third kappa shape index (κ3) is 4.61. The molecule has 0 radical (unpaired) electrons. The molecule has 0 bridgehead atoms. The van der Waals surface area contributed by atoms with Gasteiger partial charge in [0, 0.05) is 30.6 Å². The van der Waals surface area contributed by atoms with Gasteiger partial charge in [-0.2, -0.15) is 0 Å². The molecule has 0 amide bonds. The Labute approximate surface area is 189 Å². The van der Waals surface area contributed by atoms with E-state index in [1.54, 1.807) is 11.3 Å². The summed E-state index contributed by atoms with van der Waals surface area (Å²) in [6, 6.07) is 10.7. The van der Waals surface area contributed by atoms with Crippen LogP contribution in [0.3, 0.4) is 0 Å². The smallest absolute Gasteiger partial charge is 0.146 e. The molecule has 0 unspecified atom stereocenters. The van der Waals surface area contributed by atoms with Crippen molar-refractivity contribution in [1.82, 2.24) is 19.8 Å². The highest BCUT2D eigenvalue weighted by Crippen LogP contribution is 2.39. The van der Waals surface area contributed by atoms with Crippen molar-refractivity contribution in [2.75, 3.05) is 51.7 Å². The number of nitrogens with zero attached hydrogens (tertiary/aromatic N) is 5. The first kappa shape index (κ1) is 20.9. The van der Waals surface area contributed by atoms with Gasteiger partial charge in [0.2, 0.25) is 0 Å². The van der Waals surface area contributed by atoms with E-state index in [2.05, 4.69) is 64.5 Å². The van der Waals surface area contributed by atoms with E-state index in [1.807, 2.05) is 0 Å². The zero-order chi connectivity index (χ0) is 21.2. The molecule has 0 spiro atoms. The average Bonchev–Trinajstić information content (AvgIpc) is 3.44. The van der Waals surface area contributed by atoms with Gasteiger partial charge in [0.15, 0.2) is 0 Å². The molecule has 5 rings (SSSR count). The second kappa shape index (κ2) is 9.23. The summed E-state index contributed by atoms with van der Waals surface area (Å²) < 4.78 is 0. The van der Waals surface area contributed by atoms with Gasteiger partial charge in [-0.3, -0.25) is 0 Å². The topological polar surface area (TPSA) is 35.5 Å². The number of likely N-dealkylation sites (tertiary alicyclic amines) is 1. The van der Waals surface area contributed by atoms with E-state index in [1.165, 1.54) is 61.8 Å². The van der Waals surface area contributed by atoms with Crippen LogP contribution in [0.2, 0.25) is 0 Å². The van der Waals surface area contributed by atoms with Gasteiger partial charge >= 0.3 is 0 Å². The molecule has 1 aromatic carbocycles. The number of anilines is 1. The lowest BCUT2D eigenvalue weighted by atomic mass is 9.96. The molecule has 2 saturated heterocycles. The molecular formula is C25H33N5S. The molecular weight excluding hydrogens is 402 g/mol. The molecule has 3 aromatic rings. The summed E-state index contributed by atoms with van der Waals surface area (Å²) in [7, 11) is 4.17. The van der Waals surface area contributed by atoms with E-state index in [0.717, 1.165) is 42.0 Å². The average molecular weight is 436 g/mol. The number of benzene rings is 1. The van der Waals surface area contributed by atoms with Crippen LogP contribution in [-0.2, 0) is 6.54 Å². The maximum Gasteiger partial charge on any atom is 0.146 e. The van der Waals surface area contributed by atoms with Crippen LogP contribution in [0.4, 0.5) is 5.82 Å². The molecule has 0 atom stereocenters. The summed E-state index contributed by atoms with van der Waals surface area (Å²) in [6.07, 6.45) is 5.28. The predicted molar refractivity (Wildman–Crippen MR) is 131 cm³/mol. The molecule has 2 aliphatic heterocycles. The van der Waals surface area contributed by atoms with Gasteiger partial charge in [-0.15, -0.1) is 11.3 Å². The second-order valence-corrected chi connectivity index (χ2v) is 10.2. The first-order chi connectivity index (χ1) is 15.2. The highest BCUT2D eigenvalue weighted by atomic mass is 32.1. The Kier molecular flexibility index (Phi) is 6.21. The second-order valence-electron chi connectivity index (χ2n) is 9.33. The molecule has 0 aliphatic carbocycles. The summed E-state index contributed by atoms with van der Waals surface area (Å²) in [5.74, 6) is 2.89. The van der Waals surface area contributed by atoms with Crippen LogP contribution in [-0.4, -0.2) is 66.6 Å². The third-order valence-electron chi connectivity index (χ3n) is 6.63. The summed E-state index contributed by atoms with van der Waals surface area (Å²) in [5.41, 5.74) is 2.52. The Hall–Kier alpha value is -2.02. The van der Waals surface area contributed by atoms with Crippen LogP contribution in [0.1, 0.15) is 31.5 Å².